The molecule has 0 saturated carbocycles. The van der Waals surface area contributed by atoms with Crippen molar-refractivity contribution in [3.63, 3.8) is 0 Å². The van der Waals surface area contributed by atoms with Crippen LogP contribution in [-0.2, 0) is 11.2 Å². The fraction of sp³-hybridized carbons (Fsp3) is 0.529. The van der Waals surface area contributed by atoms with E-state index in [4.69, 9.17) is 0 Å². The first-order valence-corrected chi connectivity index (χ1v) is 8.19. The van der Waals surface area contributed by atoms with E-state index in [9.17, 15) is 18.0 Å². The minimum Gasteiger partial charge on any atom is -0.342 e. The monoisotopic (exact) mass is 339 g/mol. The number of piperidine rings is 1. The van der Waals surface area contributed by atoms with Gasteiger partial charge in [-0.1, -0.05) is 12.1 Å². The second-order valence-corrected chi connectivity index (χ2v) is 6.37. The van der Waals surface area contributed by atoms with Gasteiger partial charge in [-0.25, -0.2) is 4.98 Å². The number of likely N-dealkylation sites (tertiary alicyclic amines) is 1. The van der Waals surface area contributed by atoms with Gasteiger partial charge in [-0.05, 0) is 30.9 Å². The Morgan fingerprint density at radius 2 is 2.12 bits per heavy atom. The van der Waals surface area contributed by atoms with E-state index in [1.54, 1.807) is 4.90 Å². The van der Waals surface area contributed by atoms with Gasteiger partial charge in [-0.3, -0.25) is 4.79 Å². The van der Waals surface area contributed by atoms with Gasteiger partial charge in [0.15, 0.2) is 0 Å². The molecule has 1 aromatic heterocycles. The number of hydrogen-bond acceptors (Lipinski definition) is 2. The number of amides is 1. The number of benzene rings is 1. The molecule has 0 radical (unpaired) electrons. The van der Waals surface area contributed by atoms with Gasteiger partial charge in [0, 0.05) is 25.9 Å². The summed E-state index contributed by atoms with van der Waals surface area (Å²) in [6, 6.07) is 7.75. The third kappa shape index (κ3) is 4.27. The van der Waals surface area contributed by atoms with Gasteiger partial charge < -0.3 is 9.88 Å². The summed E-state index contributed by atoms with van der Waals surface area (Å²) in [5.74, 6) is 0.696. The highest BCUT2D eigenvalue weighted by Crippen LogP contribution is 2.25. The Morgan fingerprint density at radius 1 is 1.33 bits per heavy atom. The fourth-order valence-electron chi connectivity index (χ4n) is 3.24. The molecule has 1 saturated heterocycles. The summed E-state index contributed by atoms with van der Waals surface area (Å²) < 4.78 is 36.8. The molecule has 0 aliphatic carbocycles. The van der Waals surface area contributed by atoms with E-state index >= 15 is 0 Å². The number of nitrogens with one attached hydrogen (secondary N) is 1. The van der Waals surface area contributed by atoms with Crippen LogP contribution >= 0.6 is 0 Å². The van der Waals surface area contributed by atoms with Crippen molar-refractivity contribution in [2.45, 2.75) is 38.3 Å². The average Bonchev–Trinajstić information content (AvgIpc) is 2.94. The Balaban J connectivity index is 1.58. The molecule has 1 N–H and O–H groups in total. The molecule has 0 unspecified atom stereocenters. The van der Waals surface area contributed by atoms with E-state index in [-0.39, 0.29) is 5.92 Å². The topological polar surface area (TPSA) is 49.0 Å². The minimum atomic E-state index is -4.28. The lowest BCUT2D eigenvalue weighted by atomic mass is 9.94. The summed E-state index contributed by atoms with van der Waals surface area (Å²) in [6.07, 6.45) is -3.29. The van der Waals surface area contributed by atoms with E-state index in [2.05, 4.69) is 9.97 Å². The SMILES string of the molecule is O=C(CCC(F)(F)F)N1CCC[C@@H](Cc2nc3ccccc3[nH]2)C1. The molecule has 130 valence electrons. The Labute approximate surface area is 138 Å². The van der Waals surface area contributed by atoms with Crippen LogP contribution in [0.15, 0.2) is 24.3 Å². The summed E-state index contributed by atoms with van der Waals surface area (Å²) in [7, 11) is 0. The van der Waals surface area contributed by atoms with Crippen molar-refractivity contribution in [3.05, 3.63) is 30.1 Å². The number of carbonyl (C=O) groups excluding carboxylic acids is 1. The van der Waals surface area contributed by atoms with Crippen molar-refractivity contribution in [2.75, 3.05) is 13.1 Å². The number of alkyl halides is 3. The molecule has 2 aromatic rings. The largest absolute Gasteiger partial charge is 0.389 e. The Hall–Kier alpha value is -2.05. The molecule has 0 bridgehead atoms. The van der Waals surface area contributed by atoms with Crippen molar-refractivity contribution in [3.8, 4) is 0 Å². The third-order valence-electron chi connectivity index (χ3n) is 4.41. The van der Waals surface area contributed by atoms with Crippen LogP contribution < -0.4 is 0 Å². The number of H-pyrrole nitrogens is 1. The quantitative estimate of drug-likeness (QED) is 0.924. The van der Waals surface area contributed by atoms with Gasteiger partial charge in [-0.2, -0.15) is 13.2 Å². The van der Waals surface area contributed by atoms with Gasteiger partial charge in [0.1, 0.15) is 5.82 Å². The molecule has 1 fully saturated rings. The zero-order chi connectivity index (χ0) is 17.2. The van der Waals surface area contributed by atoms with Crippen LogP contribution in [0.1, 0.15) is 31.5 Å². The van der Waals surface area contributed by atoms with Crippen LogP contribution in [0.3, 0.4) is 0 Å². The molecule has 1 aliphatic heterocycles. The predicted molar refractivity (Wildman–Crippen MR) is 84.4 cm³/mol. The Morgan fingerprint density at radius 3 is 2.88 bits per heavy atom. The highest BCUT2D eigenvalue weighted by atomic mass is 19.4. The first-order chi connectivity index (χ1) is 11.4. The standard InChI is InChI=1S/C17H20F3N3O/c18-17(19,20)8-7-16(24)23-9-3-4-12(11-23)10-15-21-13-5-1-2-6-14(13)22-15/h1-2,5-6,12H,3-4,7-11H2,(H,21,22)/t12-/m0/s1. The molecule has 3 rings (SSSR count). The second-order valence-electron chi connectivity index (χ2n) is 6.37. The Bertz CT molecular complexity index is 677. The number of hydrogen-bond donors (Lipinski definition) is 1. The summed E-state index contributed by atoms with van der Waals surface area (Å²) in [4.78, 5) is 21.4. The number of para-hydroxylation sites is 2. The summed E-state index contributed by atoms with van der Waals surface area (Å²) in [5, 5.41) is 0. The number of carbonyl (C=O) groups is 1. The van der Waals surface area contributed by atoms with Gasteiger partial charge in [-0.15, -0.1) is 0 Å². The highest BCUT2D eigenvalue weighted by Gasteiger charge is 2.30. The molecular formula is C17H20F3N3O. The van der Waals surface area contributed by atoms with E-state index in [0.717, 1.165) is 29.7 Å². The zero-order valence-corrected chi connectivity index (χ0v) is 13.3. The van der Waals surface area contributed by atoms with Crippen LogP contribution in [-0.4, -0.2) is 40.0 Å². The summed E-state index contributed by atoms with van der Waals surface area (Å²) in [6.45, 7) is 1.06. The van der Waals surface area contributed by atoms with Gasteiger partial charge in [0.2, 0.25) is 5.91 Å². The molecule has 1 atom stereocenters. The number of aromatic amines is 1. The number of fused-ring (bicyclic) bond motifs is 1. The van der Waals surface area contributed by atoms with Gasteiger partial charge in [0.05, 0.1) is 17.5 Å². The van der Waals surface area contributed by atoms with Crippen LogP contribution in [0, 0.1) is 5.92 Å². The summed E-state index contributed by atoms with van der Waals surface area (Å²) in [5.41, 5.74) is 1.88. The predicted octanol–water partition coefficient (Wildman–Crippen LogP) is 3.69. The molecule has 2 heterocycles. The molecule has 1 aliphatic rings. The van der Waals surface area contributed by atoms with Gasteiger partial charge in [0.25, 0.3) is 0 Å². The van der Waals surface area contributed by atoms with Crippen LogP contribution in [0.2, 0.25) is 0 Å². The van der Waals surface area contributed by atoms with E-state index in [0.29, 0.717) is 19.5 Å². The normalized spacial score (nSPS) is 19.0. The van der Waals surface area contributed by atoms with E-state index in [1.165, 1.54) is 0 Å². The van der Waals surface area contributed by atoms with E-state index in [1.807, 2.05) is 24.3 Å². The molecular weight excluding hydrogens is 319 g/mol. The van der Waals surface area contributed by atoms with Crippen LogP contribution in [0.25, 0.3) is 11.0 Å². The van der Waals surface area contributed by atoms with Crippen LogP contribution in [0.4, 0.5) is 13.2 Å². The molecule has 0 spiro atoms. The van der Waals surface area contributed by atoms with E-state index < -0.39 is 24.9 Å². The number of halogens is 3. The molecule has 24 heavy (non-hydrogen) atoms. The van der Waals surface area contributed by atoms with Crippen molar-refractivity contribution in [1.29, 1.82) is 0 Å². The smallest absolute Gasteiger partial charge is 0.342 e. The van der Waals surface area contributed by atoms with Gasteiger partial charge >= 0.3 is 6.18 Å². The first-order valence-electron chi connectivity index (χ1n) is 8.19. The van der Waals surface area contributed by atoms with Crippen LogP contribution in [0.5, 0.6) is 0 Å². The molecule has 1 amide bonds. The van der Waals surface area contributed by atoms with Crippen molar-refractivity contribution in [1.82, 2.24) is 14.9 Å². The first kappa shape index (κ1) is 16.8. The lowest BCUT2D eigenvalue weighted by Crippen LogP contribution is -2.40. The zero-order valence-electron chi connectivity index (χ0n) is 13.3. The van der Waals surface area contributed by atoms with Crippen molar-refractivity contribution >= 4 is 16.9 Å². The van der Waals surface area contributed by atoms with Crippen molar-refractivity contribution in [2.24, 2.45) is 5.92 Å². The molecule has 1 aromatic carbocycles. The van der Waals surface area contributed by atoms with Crippen molar-refractivity contribution < 1.29 is 18.0 Å². The molecule has 7 heteroatoms. The highest BCUT2D eigenvalue weighted by molar-refractivity contribution is 5.76. The summed E-state index contributed by atoms with van der Waals surface area (Å²) >= 11 is 0. The third-order valence-corrected chi connectivity index (χ3v) is 4.41. The minimum absolute atomic E-state index is 0.231. The fourth-order valence-corrected chi connectivity index (χ4v) is 3.24. The number of rotatable bonds is 4. The lowest BCUT2D eigenvalue weighted by molar-refractivity contribution is -0.150. The second kappa shape index (κ2) is 6.83. The maximum Gasteiger partial charge on any atom is 0.389 e. The average molecular weight is 339 g/mol. The number of aromatic nitrogens is 2. The maximum absolute atomic E-state index is 12.3. The molecule has 4 nitrogen and oxygen atoms in total. The lowest BCUT2D eigenvalue weighted by Gasteiger charge is -2.32. The number of nitrogens with zero attached hydrogens (tertiary/aromatic N) is 2. The Kier molecular flexibility index (Phi) is 4.78. The maximum atomic E-state index is 12.3. The number of imidazole rings is 1.